The van der Waals surface area contributed by atoms with Gasteiger partial charge in [0.05, 0.1) is 0 Å². The second-order valence-electron chi connectivity index (χ2n) is 5.47. The van der Waals surface area contributed by atoms with E-state index in [0.717, 1.165) is 11.1 Å². The van der Waals surface area contributed by atoms with Crippen LogP contribution in [0.15, 0.2) is 72.8 Å². The highest BCUT2D eigenvalue weighted by Crippen LogP contribution is 2.20. The molecule has 6 heteroatoms. The van der Waals surface area contributed by atoms with Crippen molar-refractivity contribution in [3.05, 3.63) is 83.9 Å². The van der Waals surface area contributed by atoms with Gasteiger partial charge in [-0.2, -0.15) is 0 Å². The van der Waals surface area contributed by atoms with E-state index in [2.05, 4.69) is 0 Å². The molecule has 28 heavy (non-hydrogen) atoms. The monoisotopic (exact) mass is 414 g/mol. The van der Waals surface area contributed by atoms with Crippen molar-refractivity contribution >= 4 is 45.7 Å². The van der Waals surface area contributed by atoms with E-state index >= 15 is 0 Å². The number of hydrogen-bond acceptors (Lipinski definition) is 6. The Morgan fingerprint density at radius 3 is 1.46 bits per heavy atom. The van der Waals surface area contributed by atoms with Gasteiger partial charge >= 0.3 is 11.9 Å². The number of carbonyl (C=O) groups is 2. The van der Waals surface area contributed by atoms with Gasteiger partial charge in [-0.1, -0.05) is 82.3 Å². The number of esters is 2. The molecule has 0 unspecified atom stereocenters. The lowest BCUT2D eigenvalue weighted by molar-refractivity contribution is -0.137. The van der Waals surface area contributed by atoms with Crippen LogP contribution in [-0.4, -0.2) is 36.7 Å². The van der Waals surface area contributed by atoms with Gasteiger partial charge < -0.3 is 9.47 Å². The fraction of sp³-hybridized carbons (Fsp3) is 0.182. The standard InChI is InChI=1S/C22H22O4S2/c23-21(13-11-19-7-3-1-4-8-19)25-15-17-27-28-18-16-26-22(24)14-12-20-9-5-2-6-10-20/h1-14H,15-18H2/b13-11+,14-12+. The molecule has 0 saturated heterocycles. The predicted octanol–water partition coefficient (Wildman–Crippen LogP) is 4.88. The molecule has 0 spiro atoms. The third kappa shape index (κ3) is 10.0. The second-order valence-corrected chi connectivity index (χ2v) is 8.17. The predicted molar refractivity (Wildman–Crippen MR) is 118 cm³/mol. The van der Waals surface area contributed by atoms with Gasteiger partial charge in [-0.3, -0.25) is 0 Å². The van der Waals surface area contributed by atoms with Crippen LogP contribution in [0.3, 0.4) is 0 Å². The summed E-state index contributed by atoms with van der Waals surface area (Å²) in [5.74, 6) is 0.650. The molecule has 0 aliphatic carbocycles. The Morgan fingerprint density at radius 2 is 1.07 bits per heavy atom. The van der Waals surface area contributed by atoms with E-state index in [1.54, 1.807) is 33.7 Å². The van der Waals surface area contributed by atoms with Gasteiger partial charge in [0.15, 0.2) is 0 Å². The van der Waals surface area contributed by atoms with Crippen molar-refractivity contribution in [2.45, 2.75) is 0 Å². The SMILES string of the molecule is O=C(/C=C/c1ccccc1)OCCSSCCOC(=O)/C=C/c1ccccc1. The number of hydrogen-bond donors (Lipinski definition) is 0. The fourth-order valence-electron chi connectivity index (χ4n) is 2.02. The molecule has 0 fully saturated rings. The van der Waals surface area contributed by atoms with E-state index in [1.807, 2.05) is 60.7 Å². The third-order valence-corrected chi connectivity index (χ3v) is 5.66. The molecule has 2 aromatic carbocycles. The largest absolute Gasteiger partial charge is 0.462 e. The van der Waals surface area contributed by atoms with Crippen LogP contribution in [0.5, 0.6) is 0 Å². The van der Waals surface area contributed by atoms with E-state index in [1.165, 1.54) is 12.2 Å². The quantitative estimate of drug-likeness (QED) is 0.226. The number of carbonyl (C=O) groups excluding carboxylic acids is 2. The molecular formula is C22H22O4S2. The van der Waals surface area contributed by atoms with Crippen LogP contribution in [0.25, 0.3) is 12.2 Å². The molecule has 0 bridgehead atoms. The summed E-state index contributed by atoms with van der Waals surface area (Å²) in [6.07, 6.45) is 6.31. The minimum Gasteiger partial charge on any atom is -0.462 e. The molecule has 0 aromatic heterocycles. The summed E-state index contributed by atoms with van der Waals surface area (Å²) in [5, 5.41) is 0. The van der Waals surface area contributed by atoms with E-state index in [9.17, 15) is 9.59 Å². The van der Waals surface area contributed by atoms with Gasteiger partial charge in [0, 0.05) is 23.7 Å². The Morgan fingerprint density at radius 1 is 0.679 bits per heavy atom. The maximum Gasteiger partial charge on any atom is 0.330 e. The summed E-state index contributed by atoms with van der Waals surface area (Å²) in [7, 11) is 3.16. The van der Waals surface area contributed by atoms with E-state index in [-0.39, 0.29) is 11.9 Å². The van der Waals surface area contributed by atoms with Gasteiger partial charge in [0.2, 0.25) is 0 Å². The van der Waals surface area contributed by atoms with Crippen LogP contribution >= 0.6 is 21.6 Å². The van der Waals surface area contributed by atoms with Crippen LogP contribution in [-0.2, 0) is 19.1 Å². The Labute approximate surface area is 173 Å². The van der Waals surface area contributed by atoms with E-state index in [4.69, 9.17) is 9.47 Å². The lowest BCUT2D eigenvalue weighted by Gasteiger charge is -2.03. The molecule has 0 aliphatic rings. The van der Waals surface area contributed by atoms with Crippen molar-refractivity contribution in [1.82, 2.24) is 0 Å². The minimum absolute atomic E-state index is 0.342. The number of benzene rings is 2. The molecule has 0 amide bonds. The second kappa shape index (κ2) is 13.7. The molecule has 2 rings (SSSR count). The summed E-state index contributed by atoms with van der Waals surface area (Å²) in [5.41, 5.74) is 1.91. The first-order valence-electron chi connectivity index (χ1n) is 8.78. The molecule has 0 radical (unpaired) electrons. The zero-order chi connectivity index (χ0) is 19.9. The summed E-state index contributed by atoms with van der Waals surface area (Å²) >= 11 is 0. The maximum absolute atomic E-state index is 11.6. The van der Waals surface area contributed by atoms with Crippen molar-refractivity contribution in [3.63, 3.8) is 0 Å². The molecule has 4 nitrogen and oxygen atoms in total. The van der Waals surface area contributed by atoms with Crippen LogP contribution in [0.4, 0.5) is 0 Å². The number of rotatable bonds is 11. The molecule has 0 atom stereocenters. The lowest BCUT2D eigenvalue weighted by Crippen LogP contribution is -2.05. The first-order chi connectivity index (χ1) is 13.7. The maximum atomic E-state index is 11.6. The fourth-order valence-corrected chi connectivity index (χ4v) is 3.68. The molecular weight excluding hydrogens is 392 g/mol. The van der Waals surface area contributed by atoms with Gasteiger partial charge in [-0.05, 0) is 23.3 Å². The molecule has 0 N–H and O–H groups in total. The molecule has 0 heterocycles. The summed E-state index contributed by atoms with van der Waals surface area (Å²) in [6, 6.07) is 19.2. The van der Waals surface area contributed by atoms with Gasteiger partial charge in [0.1, 0.15) is 13.2 Å². The van der Waals surface area contributed by atoms with Crippen molar-refractivity contribution < 1.29 is 19.1 Å². The van der Waals surface area contributed by atoms with Crippen LogP contribution in [0, 0.1) is 0 Å². The highest BCUT2D eigenvalue weighted by atomic mass is 33.1. The molecule has 0 saturated carbocycles. The summed E-state index contributed by atoms with van der Waals surface area (Å²) in [4.78, 5) is 23.2. The normalized spacial score (nSPS) is 11.0. The highest BCUT2D eigenvalue weighted by Gasteiger charge is 2.00. The zero-order valence-electron chi connectivity index (χ0n) is 15.4. The Kier molecular flexibility index (Phi) is 10.7. The van der Waals surface area contributed by atoms with Gasteiger partial charge in [-0.15, -0.1) is 0 Å². The minimum atomic E-state index is -0.353. The third-order valence-electron chi connectivity index (χ3n) is 3.33. The number of ether oxygens (including phenoxy) is 2. The van der Waals surface area contributed by atoms with E-state index < -0.39 is 0 Å². The Balaban J connectivity index is 1.46. The van der Waals surface area contributed by atoms with Crippen molar-refractivity contribution in [3.8, 4) is 0 Å². The van der Waals surface area contributed by atoms with E-state index in [0.29, 0.717) is 24.7 Å². The Bertz CT molecular complexity index is 706. The average molecular weight is 415 g/mol. The van der Waals surface area contributed by atoms with Gasteiger partial charge in [-0.25, -0.2) is 9.59 Å². The van der Waals surface area contributed by atoms with Crippen molar-refractivity contribution in [2.75, 3.05) is 24.7 Å². The highest BCUT2D eigenvalue weighted by molar-refractivity contribution is 8.76. The van der Waals surface area contributed by atoms with Crippen molar-refractivity contribution in [2.24, 2.45) is 0 Å². The molecule has 2 aromatic rings. The Hall–Kier alpha value is -2.44. The topological polar surface area (TPSA) is 52.6 Å². The first-order valence-corrected chi connectivity index (χ1v) is 11.3. The summed E-state index contributed by atoms with van der Waals surface area (Å²) in [6.45, 7) is 0.685. The van der Waals surface area contributed by atoms with Crippen LogP contribution in [0.1, 0.15) is 11.1 Å². The van der Waals surface area contributed by atoms with Crippen molar-refractivity contribution in [1.29, 1.82) is 0 Å². The lowest BCUT2D eigenvalue weighted by atomic mass is 10.2. The average Bonchev–Trinajstić information content (AvgIpc) is 2.74. The first kappa shape index (κ1) is 21.9. The smallest absolute Gasteiger partial charge is 0.330 e. The summed E-state index contributed by atoms with van der Waals surface area (Å²) < 4.78 is 10.3. The van der Waals surface area contributed by atoms with Crippen LogP contribution < -0.4 is 0 Å². The zero-order valence-corrected chi connectivity index (χ0v) is 17.0. The van der Waals surface area contributed by atoms with Gasteiger partial charge in [0.25, 0.3) is 0 Å². The molecule has 0 aliphatic heterocycles. The molecule has 146 valence electrons. The van der Waals surface area contributed by atoms with Crippen LogP contribution in [0.2, 0.25) is 0 Å².